The van der Waals surface area contributed by atoms with E-state index in [9.17, 15) is 5.11 Å². The van der Waals surface area contributed by atoms with Crippen LogP contribution < -0.4 is 5.73 Å². The summed E-state index contributed by atoms with van der Waals surface area (Å²) < 4.78 is 18.4. The number of nitrogen functional groups attached to an aromatic ring is 1. The zero-order valence-electron chi connectivity index (χ0n) is 11.7. The molecule has 3 rings (SSSR count). The molecule has 0 bridgehead atoms. The zero-order chi connectivity index (χ0) is 15.0. The topological polar surface area (TPSA) is 118 Å². The maximum Gasteiger partial charge on any atom is 0.167 e. The van der Waals surface area contributed by atoms with Crippen molar-refractivity contribution in [2.24, 2.45) is 0 Å². The smallest absolute Gasteiger partial charge is 0.167 e. The lowest BCUT2D eigenvalue weighted by atomic mass is 10.1. The maximum atomic E-state index is 9.42. The van der Waals surface area contributed by atoms with Gasteiger partial charge in [-0.25, -0.2) is 15.0 Å². The minimum absolute atomic E-state index is 0.168. The number of nitrogens with zero attached hydrogens (tertiary/aromatic N) is 4. The minimum atomic E-state index is -0.517. The maximum absolute atomic E-state index is 9.42. The molecule has 0 spiro atoms. The van der Waals surface area contributed by atoms with Gasteiger partial charge >= 0.3 is 0 Å². The SMILES string of the molecule is COC1C(OC)[C@@H](CO)O[C@H]1n1cnc2c(N)ncnc21. The number of ether oxygens (including phenoxy) is 3. The second-order valence-electron chi connectivity index (χ2n) is 4.73. The lowest BCUT2D eigenvalue weighted by molar-refractivity contribution is -0.0583. The first-order valence-electron chi connectivity index (χ1n) is 6.46. The molecule has 0 amide bonds. The highest BCUT2D eigenvalue weighted by Gasteiger charge is 2.46. The van der Waals surface area contributed by atoms with E-state index < -0.39 is 18.4 Å². The van der Waals surface area contributed by atoms with Gasteiger partial charge in [0.25, 0.3) is 0 Å². The molecular weight excluding hydrogens is 278 g/mol. The van der Waals surface area contributed by atoms with Crippen molar-refractivity contribution < 1.29 is 19.3 Å². The van der Waals surface area contributed by atoms with Gasteiger partial charge in [0.2, 0.25) is 0 Å². The normalized spacial score (nSPS) is 29.3. The Kier molecular flexibility index (Phi) is 3.72. The number of nitrogens with two attached hydrogens (primary N) is 1. The fourth-order valence-electron chi connectivity index (χ4n) is 2.67. The van der Waals surface area contributed by atoms with Crippen LogP contribution in [0.3, 0.4) is 0 Å². The average Bonchev–Trinajstić information content (AvgIpc) is 3.07. The lowest BCUT2D eigenvalue weighted by Gasteiger charge is -2.21. The van der Waals surface area contributed by atoms with Crippen LogP contribution in [0.1, 0.15) is 6.23 Å². The predicted octanol–water partition coefficient (Wildman–Crippen LogP) is -0.672. The number of anilines is 1. The van der Waals surface area contributed by atoms with Gasteiger partial charge in [-0.2, -0.15) is 0 Å². The number of hydrogen-bond donors (Lipinski definition) is 2. The van der Waals surface area contributed by atoms with Crippen LogP contribution in [0.5, 0.6) is 0 Å². The third-order valence-electron chi connectivity index (χ3n) is 3.67. The number of aliphatic hydroxyl groups excluding tert-OH is 1. The molecule has 0 radical (unpaired) electrons. The van der Waals surface area contributed by atoms with E-state index in [0.29, 0.717) is 17.0 Å². The predicted molar refractivity (Wildman–Crippen MR) is 72.3 cm³/mol. The van der Waals surface area contributed by atoms with Crippen LogP contribution in [0.15, 0.2) is 12.7 Å². The Morgan fingerprint density at radius 3 is 2.71 bits per heavy atom. The second kappa shape index (κ2) is 5.53. The fourth-order valence-corrected chi connectivity index (χ4v) is 2.67. The molecular formula is C12H17N5O4. The fraction of sp³-hybridized carbons (Fsp3) is 0.583. The second-order valence-corrected chi connectivity index (χ2v) is 4.73. The van der Waals surface area contributed by atoms with Gasteiger partial charge in [-0.05, 0) is 0 Å². The van der Waals surface area contributed by atoms with E-state index in [0.717, 1.165) is 0 Å². The van der Waals surface area contributed by atoms with Gasteiger partial charge in [0.15, 0.2) is 17.7 Å². The Morgan fingerprint density at radius 2 is 2.05 bits per heavy atom. The summed E-state index contributed by atoms with van der Waals surface area (Å²) in [5, 5.41) is 9.42. The third kappa shape index (κ3) is 2.14. The summed E-state index contributed by atoms with van der Waals surface area (Å²) in [6, 6.07) is 0. The standard InChI is InChI=1S/C12H17N5O4/c1-19-8-6(3-18)21-12(9(8)20-2)17-5-16-7-10(13)14-4-15-11(7)17/h4-6,8-9,12,18H,3H2,1-2H3,(H2,13,14,15)/t6-,8?,9?,12-/m1/s1. The van der Waals surface area contributed by atoms with Gasteiger partial charge < -0.3 is 25.1 Å². The highest BCUT2D eigenvalue weighted by atomic mass is 16.6. The highest BCUT2D eigenvalue weighted by Crippen LogP contribution is 2.34. The van der Waals surface area contributed by atoms with Crippen LogP contribution in [0.25, 0.3) is 11.2 Å². The summed E-state index contributed by atoms with van der Waals surface area (Å²) >= 11 is 0. The molecule has 9 nitrogen and oxygen atoms in total. The summed E-state index contributed by atoms with van der Waals surface area (Å²) in [5.74, 6) is 0.299. The molecule has 2 unspecified atom stereocenters. The molecule has 0 aromatic carbocycles. The molecule has 0 saturated carbocycles. The molecule has 4 atom stereocenters. The summed E-state index contributed by atoms with van der Waals surface area (Å²) in [7, 11) is 3.12. The summed E-state index contributed by atoms with van der Waals surface area (Å²) in [6.45, 7) is -0.168. The Balaban J connectivity index is 2.03. The van der Waals surface area contributed by atoms with E-state index in [-0.39, 0.29) is 12.7 Å². The number of imidazole rings is 1. The number of rotatable bonds is 4. The molecule has 3 N–H and O–H groups in total. The van der Waals surface area contributed by atoms with Crippen LogP contribution in [0.2, 0.25) is 0 Å². The molecule has 3 heterocycles. The molecule has 21 heavy (non-hydrogen) atoms. The van der Waals surface area contributed by atoms with E-state index in [1.165, 1.54) is 6.33 Å². The lowest BCUT2D eigenvalue weighted by Crippen LogP contribution is -2.36. The van der Waals surface area contributed by atoms with Crippen molar-refractivity contribution in [1.82, 2.24) is 19.5 Å². The highest BCUT2D eigenvalue weighted by molar-refractivity contribution is 5.81. The van der Waals surface area contributed by atoms with Crippen LogP contribution in [-0.2, 0) is 14.2 Å². The number of aromatic nitrogens is 4. The Morgan fingerprint density at radius 1 is 1.29 bits per heavy atom. The quantitative estimate of drug-likeness (QED) is 0.762. The van der Waals surface area contributed by atoms with Gasteiger partial charge in [0.1, 0.15) is 30.2 Å². The monoisotopic (exact) mass is 295 g/mol. The summed E-state index contributed by atoms with van der Waals surface area (Å²) in [6.07, 6.45) is 1.14. The van der Waals surface area contributed by atoms with E-state index in [2.05, 4.69) is 15.0 Å². The van der Waals surface area contributed by atoms with E-state index in [4.69, 9.17) is 19.9 Å². The van der Waals surface area contributed by atoms with E-state index in [1.54, 1.807) is 25.1 Å². The first-order valence-corrected chi connectivity index (χ1v) is 6.46. The van der Waals surface area contributed by atoms with Crippen molar-refractivity contribution in [1.29, 1.82) is 0 Å². The van der Waals surface area contributed by atoms with Crippen molar-refractivity contribution in [2.45, 2.75) is 24.5 Å². The first kappa shape index (κ1) is 14.1. The minimum Gasteiger partial charge on any atom is -0.394 e. The first-order chi connectivity index (χ1) is 10.2. The largest absolute Gasteiger partial charge is 0.394 e. The molecule has 9 heteroatoms. The molecule has 1 aliphatic heterocycles. The van der Waals surface area contributed by atoms with E-state index in [1.807, 2.05) is 0 Å². The number of fused-ring (bicyclic) bond motifs is 1. The number of methoxy groups -OCH3 is 2. The zero-order valence-corrected chi connectivity index (χ0v) is 11.7. The van der Waals surface area contributed by atoms with Gasteiger partial charge in [-0.3, -0.25) is 4.57 Å². The molecule has 2 aromatic rings. The van der Waals surface area contributed by atoms with Crippen molar-refractivity contribution in [3.8, 4) is 0 Å². The van der Waals surface area contributed by atoms with Crippen LogP contribution in [0.4, 0.5) is 5.82 Å². The van der Waals surface area contributed by atoms with Crippen LogP contribution in [0, 0.1) is 0 Å². The molecule has 2 aromatic heterocycles. The third-order valence-corrected chi connectivity index (χ3v) is 3.67. The number of hydrogen-bond acceptors (Lipinski definition) is 8. The molecule has 0 aliphatic carbocycles. The molecule has 1 saturated heterocycles. The van der Waals surface area contributed by atoms with Gasteiger partial charge in [-0.1, -0.05) is 0 Å². The summed E-state index contributed by atoms with van der Waals surface area (Å²) in [4.78, 5) is 12.3. The Hall–Kier alpha value is -1.81. The van der Waals surface area contributed by atoms with Crippen LogP contribution >= 0.6 is 0 Å². The van der Waals surface area contributed by atoms with Crippen molar-refractivity contribution in [2.75, 3.05) is 26.6 Å². The molecule has 1 aliphatic rings. The van der Waals surface area contributed by atoms with Gasteiger partial charge in [0.05, 0.1) is 12.9 Å². The number of aliphatic hydroxyl groups is 1. The molecule has 114 valence electrons. The summed E-state index contributed by atoms with van der Waals surface area (Å²) in [5.41, 5.74) is 6.82. The average molecular weight is 295 g/mol. The van der Waals surface area contributed by atoms with E-state index >= 15 is 0 Å². The van der Waals surface area contributed by atoms with Crippen molar-refractivity contribution in [3.05, 3.63) is 12.7 Å². The van der Waals surface area contributed by atoms with Gasteiger partial charge in [-0.15, -0.1) is 0 Å². The van der Waals surface area contributed by atoms with Crippen LogP contribution in [-0.4, -0.2) is 63.8 Å². The Bertz CT molecular complexity index is 633. The Labute approximate surface area is 120 Å². The van der Waals surface area contributed by atoms with Crippen molar-refractivity contribution >= 4 is 17.0 Å². The van der Waals surface area contributed by atoms with Gasteiger partial charge in [0, 0.05) is 14.2 Å². The molecule has 1 fully saturated rings. The van der Waals surface area contributed by atoms with Crippen molar-refractivity contribution in [3.63, 3.8) is 0 Å².